The largest absolute Gasteiger partial charge is 0.507 e. The molecular formula is C60H67N7O17. The van der Waals surface area contributed by atoms with Crippen molar-refractivity contribution in [1.82, 2.24) is 14.5 Å². The third-order valence-electron chi connectivity index (χ3n) is 16.6. The van der Waals surface area contributed by atoms with Crippen molar-refractivity contribution in [1.29, 1.82) is 0 Å². The average Bonchev–Trinajstić information content (AvgIpc) is 1.57. The van der Waals surface area contributed by atoms with E-state index in [1.807, 2.05) is 36.1 Å². The highest BCUT2D eigenvalue weighted by Crippen LogP contribution is 2.43. The summed E-state index contributed by atoms with van der Waals surface area (Å²) < 4.78 is 44.3. The highest BCUT2D eigenvalue weighted by Gasteiger charge is 2.45. The molecule has 6 aromatic rings. The Hall–Kier alpha value is -8.74. The van der Waals surface area contributed by atoms with Crippen LogP contribution in [0.2, 0.25) is 0 Å². The fraction of sp³-hybridized carbons (Fsp3) is 0.433. The summed E-state index contributed by atoms with van der Waals surface area (Å²) in [5.41, 5.74) is -1.74. The number of carbonyl (C=O) groups excluding carboxylic acids is 2. The van der Waals surface area contributed by atoms with Crippen molar-refractivity contribution in [2.45, 2.75) is 105 Å². The number of benzene rings is 4. The Kier molecular flexibility index (Phi) is 15.6. The van der Waals surface area contributed by atoms with Crippen LogP contribution in [0.15, 0.2) is 92.7 Å². The molecule has 4 bridgehead atoms. The van der Waals surface area contributed by atoms with Crippen molar-refractivity contribution in [3.05, 3.63) is 120 Å². The van der Waals surface area contributed by atoms with Crippen molar-refractivity contribution in [2.75, 3.05) is 55.0 Å². The number of piperazine rings is 1. The van der Waals surface area contributed by atoms with E-state index < -0.39 is 104 Å². The molecular weight excluding hydrogens is 1090 g/mol. The fourth-order valence-corrected chi connectivity index (χ4v) is 11.6. The predicted octanol–water partition coefficient (Wildman–Crippen LogP) is 6.22. The van der Waals surface area contributed by atoms with Crippen LogP contribution in [0.4, 0.5) is 22.9 Å². The summed E-state index contributed by atoms with van der Waals surface area (Å²) in [4.78, 5) is 79.7. The number of hydrogen-bond acceptors (Lipinski definition) is 21. The fourth-order valence-electron chi connectivity index (χ4n) is 11.6. The zero-order valence-electron chi connectivity index (χ0n) is 48.1. The van der Waals surface area contributed by atoms with E-state index in [2.05, 4.69) is 15.2 Å². The zero-order chi connectivity index (χ0) is 60.4. The Bertz CT molecular complexity index is 3880. The molecule has 1 fully saturated rings. The first kappa shape index (κ1) is 58.5. The molecule has 4 aliphatic heterocycles. The number of ether oxygens (including phenoxy) is 6. The van der Waals surface area contributed by atoms with Gasteiger partial charge in [0.15, 0.2) is 28.0 Å². The van der Waals surface area contributed by atoms with Gasteiger partial charge < -0.3 is 78.5 Å². The Labute approximate surface area is 480 Å². The highest BCUT2D eigenvalue weighted by atomic mass is 16.7. The summed E-state index contributed by atoms with van der Waals surface area (Å²) in [6.07, 6.45) is 4.71. The van der Waals surface area contributed by atoms with Gasteiger partial charge in [-0.25, -0.2) is 4.98 Å². The van der Waals surface area contributed by atoms with Crippen molar-refractivity contribution in [3.8, 4) is 23.3 Å². The summed E-state index contributed by atoms with van der Waals surface area (Å²) >= 11 is 0. The number of methoxy groups -OCH3 is 1. The second kappa shape index (κ2) is 22.4. The molecule has 10 rings (SSSR count). The lowest BCUT2D eigenvalue weighted by atomic mass is 9.78. The van der Waals surface area contributed by atoms with Gasteiger partial charge in [-0.2, -0.15) is 0 Å². The van der Waals surface area contributed by atoms with Gasteiger partial charge in [0.2, 0.25) is 10.9 Å². The number of phenolic OH excluding ortho intramolecular Hbond substituents is 1. The van der Waals surface area contributed by atoms with Crippen LogP contribution in [-0.2, 0) is 30.3 Å². The van der Waals surface area contributed by atoms with Crippen LogP contribution in [0.25, 0.3) is 38.7 Å². The molecule has 1 amide bonds. The van der Waals surface area contributed by atoms with E-state index in [4.69, 9.17) is 37.8 Å². The summed E-state index contributed by atoms with van der Waals surface area (Å²) in [6.45, 7) is 16.9. The topological polar surface area (TPSA) is 310 Å². The maximum atomic E-state index is 15.1. The second-order valence-corrected chi connectivity index (χ2v) is 22.6. The SMILES string of the molecule is CO[C@H]1/C=C/O[C@@]2(C)Oc3c(C)c(O)c4c(=O)c(c5oc6cc(N7CCN(c8ccc(OCC9(C)Cn%10cc([N+](=O)[O-])nc%10O9)cc8)CC7)cc(=O)c6nc5c4c3=C2O)NC(=O)/C(C)=C\C=C\[C@H](C)[C@H](O)[C@@H](C)[C@@H](O)[C@@H](C)[C@H](OC(C)=O)[C@@H]1C. The molecule has 4 aliphatic rings. The van der Waals surface area contributed by atoms with E-state index in [-0.39, 0.29) is 73.5 Å². The van der Waals surface area contributed by atoms with E-state index in [0.29, 0.717) is 44.2 Å². The van der Waals surface area contributed by atoms with Gasteiger partial charge in [-0.15, -0.1) is 0 Å². The number of amides is 1. The number of aliphatic hydroxyl groups is 3. The van der Waals surface area contributed by atoms with Gasteiger partial charge in [-0.05, 0) is 56.0 Å². The minimum Gasteiger partial charge on any atom is -0.507 e. The quantitative estimate of drug-likeness (QED) is 0.0371. The Balaban J connectivity index is 0.996. The number of phenols is 1. The first-order valence-corrected chi connectivity index (χ1v) is 27.6. The predicted molar refractivity (Wildman–Crippen MR) is 309 cm³/mol. The number of aromatic hydroxyl groups is 1. The van der Waals surface area contributed by atoms with Crippen molar-refractivity contribution in [2.24, 2.45) is 23.7 Å². The van der Waals surface area contributed by atoms with Crippen LogP contribution in [0.3, 0.4) is 0 Å². The van der Waals surface area contributed by atoms with E-state index in [1.165, 1.54) is 65.5 Å². The van der Waals surface area contributed by atoms with Crippen LogP contribution in [0, 0.1) is 40.7 Å². The maximum Gasteiger partial charge on any atom is 0.415 e. The van der Waals surface area contributed by atoms with Crippen molar-refractivity contribution in [3.63, 3.8) is 0 Å². The Morgan fingerprint density at radius 2 is 1.58 bits per heavy atom. The first-order chi connectivity index (χ1) is 39.8. The standard InChI is InChI=1S/C60H67N7O17/c1-29-12-11-13-30(2)57(75)63-48-52(73)44-43(45-54(34(6)51(44)72)83-60(9,56(45)74)80-23-18-40(78-10)31(3)53(81-35(7)68)33(5)50(71)32(4)49(29)70)47-55(48)82-41-25-37(24-39(69)46(41)62-47)65-21-19-64(20-22-65)36-14-16-38(17-15-36)79-28-59(8)27-66-26-42(67(76)77)61-58(66)84-59/h11-18,23-26,29,31-33,40,49-50,53,70-72,74H,19-22,27-28H2,1-10H3,(H,63,75)/b12-11+,23-18+,30-13-/t29-,31+,32+,33+,40-,49-,50+,53+,59?,60-/m0/s1. The molecule has 24 heteroatoms. The number of nitrogens with zero attached hydrogens (tertiary/aromatic N) is 6. The number of nitro groups is 1. The van der Waals surface area contributed by atoms with Crippen LogP contribution >= 0.6 is 0 Å². The minimum absolute atomic E-state index is 0.0262. The summed E-state index contributed by atoms with van der Waals surface area (Å²) in [7, 11) is 1.43. The average molecular weight is 1160 g/mol. The van der Waals surface area contributed by atoms with Crippen molar-refractivity contribution >= 4 is 73.5 Å². The van der Waals surface area contributed by atoms with Gasteiger partial charge in [0.25, 0.3) is 5.91 Å². The number of carbonyl (C=O) groups is 2. The van der Waals surface area contributed by atoms with Crippen LogP contribution in [-0.4, -0.2) is 127 Å². The third kappa shape index (κ3) is 10.7. The monoisotopic (exact) mass is 1160 g/mol. The number of imidazole rings is 1. The minimum atomic E-state index is -2.03. The molecule has 24 nitrogen and oxygen atoms in total. The first-order valence-electron chi connectivity index (χ1n) is 27.6. The summed E-state index contributed by atoms with van der Waals surface area (Å²) in [5.74, 6) is -6.93. The third-order valence-corrected chi connectivity index (χ3v) is 16.6. The molecule has 4 aromatic carbocycles. The number of nitrogens with one attached hydrogen (secondary N) is 1. The van der Waals surface area contributed by atoms with E-state index >= 15 is 4.79 Å². The molecule has 1 saturated heterocycles. The number of fused-ring (bicyclic) bond motifs is 3. The number of allylic oxidation sites excluding steroid dienone is 2. The zero-order valence-corrected chi connectivity index (χ0v) is 48.1. The molecule has 0 aliphatic carbocycles. The number of aromatic nitrogens is 3. The number of aliphatic hydroxyl groups excluding tert-OH is 3. The molecule has 2 aromatic heterocycles. The lowest BCUT2D eigenvalue weighted by molar-refractivity contribution is -0.389. The van der Waals surface area contributed by atoms with Gasteiger partial charge in [0.1, 0.15) is 47.4 Å². The Morgan fingerprint density at radius 1 is 0.893 bits per heavy atom. The molecule has 1 unspecified atom stereocenters. The summed E-state index contributed by atoms with van der Waals surface area (Å²) in [6, 6.07) is 10.8. The molecule has 84 heavy (non-hydrogen) atoms. The lowest BCUT2D eigenvalue weighted by Gasteiger charge is -2.38. The highest BCUT2D eigenvalue weighted by molar-refractivity contribution is 6.17. The molecule has 0 saturated carbocycles. The number of hydrogen-bond donors (Lipinski definition) is 5. The number of anilines is 3. The summed E-state index contributed by atoms with van der Waals surface area (Å²) in [5, 5.41) is 60.7. The normalized spacial score (nSPS) is 28.1. The Morgan fingerprint density at radius 3 is 2.24 bits per heavy atom. The molecule has 5 N–H and O–H groups in total. The van der Waals surface area contributed by atoms with Crippen molar-refractivity contribution < 1.29 is 67.8 Å². The smallest absolute Gasteiger partial charge is 0.415 e. The molecule has 0 spiro atoms. The molecule has 444 valence electrons. The molecule has 10 atom stereocenters. The van der Waals surface area contributed by atoms with Gasteiger partial charge in [-0.3, -0.25) is 23.7 Å². The maximum absolute atomic E-state index is 15.1. The van der Waals surface area contributed by atoms with Gasteiger partial charge in [-0.1, -0.05) is 45.9 Å². The van der Waals surface area contributed by atoms with Crippen LogP contribution in [0.1, 0.15) is 61.0 Å². The van der Waals surface area contributed by atoms with Gasteiger partial charge in [0.05, 0.1) is 41.7 Å². The van der Waals surface area contributed by atoms with E-state index in [9.17, 15) is 44.9 Å². The lowest BCUT2D eigenvalue weighted by Crippen LogP contribution is -2.46. The molecule has 0 radical (unpaired) electrons. The van der Waals surface area contributed by atoms with Gasteiger partial charge in [0, 0.05) is 116 Å². The van der Waals surface area contributed by atoms with E-state index in [0.717, 1.165) is 5.69 Å². The van der Waals surface area contributed by atoms with Crippen LogP contribution in [0.5, 0.6) is 23.3 Å². The second-order valence-electron chi connectivity index (χ2n) is 22.6. The van der Waals surface area contributed by atoms with E-state index in [1.54, 1.807) is 50.5 Å². The molecule has 6 heterocycles. The number of rotatable bonds is 8. The van der Waals surface area contributed by atoms with Gasteiger partial charge >= 0.3 is 23.6 Å². The van der Waals surface area contributed by atoms with Crippen LogP contribution < -0.4 is 45.4 Å². The number of esters is 1.